The van der Waals surface area contributed by atoms with Gasteiger partial charge in [0.05, 0.1) is 26.7 Å². The van der Waals surface area contributed by atoms with Crippen molar-refractivity contribution in [1.82, 2.24) is 10.1 Å². The van der Waals surface area contributed by atoms with Crippen molar-refractivity contribution in [3.05, 3.63) is 75.7 Å². The summed E-state index contributed by atoms with van der Waals surface area (Å²) in [7, 11) is -3.95. The Morgan fingerprint density at radius 1 is 1.19 bits per heavy atom. The molecule has 0 aliphatic carbocycles. The predicted octanol–water partition coefficient (Wildman–Crippen LogP) is 5.27. The number of nitriles is 1. The van der Waals surface area contributed by atoms with Crippen LogP contribution >= 0.6 is 11.3 Å². The zero-order valence-electron chi connectivity index (χ0n) is 16.5. The smallest absolute Gasteiger partial charge is 0.136 e. The molecule has 2 heterocycles. The summed E-state index contributed by atoms with van der Waals surface area (Å²) >= 11 is 1.43. The number of hydrogen-bond acceptors (Lipinski definition) is 8. The molecular formula is C21H16N5O3S2-. The minimum Gasteiger partial charge on any atom is -0.539 e. The highest BCUT2D eigenvalue weighted by Gasteiger charge is 2.10. The van der Waals surface area contributed by atoms with Crippen molar-refractivity contribution < 1.29 is 12.9 Å². The van der Waals surface area contributed by atoms with Crippen LogP contribution in [0.25, 0.3) is 20.5 Å². The van der Waals surface area contributed by atoms with E-state index in [-0.39, 0.29) is 10.8 Å². The summed E-state index contributed by atoms with van der Waals surface area (Å²) < 4.78 is 34.7. The van der Waals surface area contributed by atoms with E-state index in [1.54, 1.807) is 32.2 Å². The minimum absolute atomic E-state index is 0.0159. The van der Waals surface area contributed by atoms with Crippen molar-refractivity contribution in [1.29, 1.82) is 5.26 Å². The van der Waals surface area contributed by atoms with Gasteiger partial charge >= 0.3 is 0 Å². The van der Waals surface area contributed by atoms with Crippen LogP contribution in [0.3, 0.4) is 0 Å². The van der Waals surface area contributed by atoms with Gasteiger partial charge in [-0.2, -0.15) is 5.26 Å². The molecule has 0 aliphatic rings. The van der Waals surface area contributed by atoms with Crippen LogP contribution in [0.4, 0.5) is 11.6 Å². The normalized spacial score (nSPS) is 12.0. The SMILES string of the molecule is Cc1noc([N-]S(=O)(=O)c2ccc(N/C=C(/C#N)c3nc4ccccc4s3)cc2)c1C. The van der Waals surface area contributed by atoms with Gasteiger partial charge in [0.2, 0.25) is 0 Å². The number of thiazole rings is 1. The number of nitrogens with one attached hydrogen (secondary N) is 1. The Morgan fingerprint density at radius 3 is 2.58 bits per heavy atom. The molecule has 31 heavy (non-hydrogen) atoms. The zero-order valence-corrected chi connectivity index (χ0v) is 18.2. The summed E-state index contributed by atoms with van der Waals surface area (Å²) in [6, 6.07) is 15.8. The van der Waals surface area contributed by atoms with Gasteiger partial charge in [-0.3, -0.25) is 0 Å². The summed E-state index contributed by atoms with van der Waals surface area (Å²) in [5.74, 6) is -0.0304. The number of benzene rings is 2. The van der Waals surface area contributed by atoms with E-state index >= 15 is 0 Å². The third kappa shape index (κ3) is 4.28. The van der Waals surface area contributed by atoms with Crippen molar-refractivity contribution in [3.8, 4) is 6.07 Å². The molecule has 0 saturated heterocycles. The quantitative estimate of drug-likeness (QED) is 0.397. The molecule has 0 aliphatic heterocycles. The largest absolute Gasteiger partial charge is 0.539 e. The first-order valence-electron chi connectivity index (χ1n) is 9.11. The molecule has 0 unspecified atom stereocenters. The molecule has 2 aromatic heterocycles. The summed E-state index contributed by atoms with van der Waals surface area (Å²) in [4.78, 5) is 4.49. The van der Waals surface area contributed by atoms with E-state index in [4.69, 9.17) is 4.52 Å². The van der Waals surface area contributed by atoms with Gasteiger partial charge in [-0.05, 0) is 55.8 Å². The van der Waals surface area contributed by atoms with Gasteiger partial charge in [-0.1, -0.05) is 17.3 Å². The molecule has 0 amide bonds. The summed E-state index contributed by atoms with van der Waals surface area (Å²) in [6.45, 7) is 3.40. The van der Waals surface area contributed by atoms with Crippen LogP contribution in [0.1, 0.15) is 16.3 Å². The minimum atomic E-state index is -3.95. The van der Waals surface area contributed by atoms with Crippen LogP contribution in [0, 0.1) is 25.2 Å². The maximum atomic E-state index is 12.5. The molecule has 0 bridgehead atoms. The van der Waals surface area contributed by atoms with E-state index in [0.717, 1.165) is 10.2 Å². The molecule has 0 fully saturated rings. The number of hydrogen-bond donors (Lipinski definition) is 1. The Bertz CT molecular complexity index is 1390. The summed E-state index contributed by atoms with van der Waals surface area (Å²) in [5.41, 5.74) is 2.98. The summed E-state index contributed by atoms with van der Waals surface area (Å²) in [6.07, 6.45) is 1.55. The Balaban J connectivity index is 1.51. The molecular weight excluding hydrogens is 434 g/mol. The van der Waals surface area contributed by atoms with Crippen molar-refractivity contribution in [2.75, 3.05) is 5.32 Å². The Kier molecular flexibility index (Phi) is 5.46. The number of rotatable bonds is 6. The number of sulfonamides is 1. The number of aromatic nitrogens is 2. The monoisotopic (exact) mass is 450 g/mol. The Labute approximate surface area is 182 Å². The first kappa shape index (κ1) is 20.6. The lowest BCUT2D eigenvalue weighted by molar-refractivity contribution is 0.433. The fourth-order valence-corrected chi connectivity index (χ4v) is 4.56. The van der Waals surface area contributed by atoms with Crippen LogP contribution in [0.15, 0.2) is 64.1 Å². The second-order valence-electron chi connectivity index (χ2n) is 6.59. The third-order valence-electron chi connectivity index (χ3n) is 4.52. The number of nitrogens with zero attached hydrogens (tertiary/aromatic N) is 4. The second-order valence-corrected chi connectivity index (χ2v) is 9.22. The predicted molar refractivity (Wildman–Crippen MR) is 119 cm³/mol. The van der Waals surface area contributed by atoms with E-state index < -0.39 is 10.0 Å². The lowest BCUT2D eigenvalue weighted by Gasteiger charge is -2.19. The molecule has 1 N–H and O–H groups in total. The zero-order chi connectivity index (χ0) is 22.0. The summed E-state index contributed by atoms with van der Waals surface area (Å²) in [5, 5.41) is 16.8. The third-order valence-corrected chi connectivity index (χ3v) is 6.86. The van der Waals surface area contributed by atoms with Gasteiger partial charge in [0.15, 0.2) is 0 Å². The number of aryl methyl sites for hydroxylation is 1. The highest BCUT2D eigenvalue weighted by molar-refractivity contribution is 7.94. The van der Waals surface area contributed by atoms with Crippen LogP contribution in [0.2, 0.25) is 0 Å². The molecule has 8 nitrogen and oxygen atoms in total. The Morgan fingerprint density at radius 2 is 1.94 bits per heavy atom. The van der Waals surface area contributed by atoms with Crippen molar-refractivity contribution in [2.24, 2.45) is 0 Å². The molecule has 4 aromatic rings. The van der Waals surface area contributed by atoms with Gasteiger partial charge in [-0.25, -0.2) is 13.4 Å². The van der Waals surface area contributed by atoms with Gasteiger partial charge in [0.25, 0.3) is 0 Å². The first-order chi connectivity index (χ1) is 14.9. The Hall–Kier alpha value is -3.68. The van der Waals surface area contributed by atoms with Gasteiger partial charge < -0.3 is 14.6 Å². The lowest BCUT2D eigenvalue weighted by atomic mass is 10.3. The van der Waals surface area contributed by atoms with Gasteiger partial charge in [0, 0.05) is 11.9 Å². The van der Waals surface area contributed by atoms with E-state index in [0.29, 0.717) is 27.5 Å². The van der Waals surface area contributed by atoms with E-state index in [9.17, 15) is 13.7 Å². The molecule has 2 aromatic carbocycles. The van der Waals surface area contributed by atoms with Crippen LogP contribution in [0.5, 0.6) is 0 Å². The van der Waals surface area contributed by atoms with Crippen molar-refractivity contribution in [2.45, 2.75) is 18.7 Å². The standard InChI is InChI=1S/C21H16N5O3S2/c1-13-14(2)25-29-20(13)26-31(27,28)17-9-7-16(8-10-17)23-12-15(11-22)21-24-18-5-3-4-6-19(18)30-21/h3-10,12,23H,1-2H3/q-1/b15-12-. The molecule has 0 spiro atoms. The fraction of sp³-hybridized carbons (Fsp3) is 0.0952. The van der Waals surface area contributed by atoms with Crippen molar-refractivity contribution >= 4 is 48.7 Å². The van der Waals surface area contributed by atoms with Crippen LogP contribution in [-0.2, 0) is 10.0 Å². The molecule has 0 radical (unpaired) electrons. The average molecular weight is 451 g/mol. The van der Waals surface area contributed by atoms with E-state index in [1.165, 1.54) is 23.5 Å². The van der Waals surface area contributed by atoms with E-state index in [1.807, 2.05) is 24.3 Å². The first-order valence-corrected chi connectivity index (χ1v) is 11.4. The van der Waals surface area contributed by atoms with Crippen molar-refractivity contribution in [3.63, 3.8) is 0 Å². The molecule has 0 saturated carbocycles. The number of fused-ring (bicyclic) bond motifs is 1. The molecule has 10 heteroatoms. The maximum absolute atomic E-state index is 12.5. The number of allylic oxidation sites excluding steroid dienone is 1. The van der Waals surface area contributed by atoms with E-state index in [2.05, 4.69) is 26.2 Å². The topological polar surface area (TPSA) is 123 Å². The van der Waals surface area contributed by atoms with Gasteiger partial charge in [-0.15, -0.1) is 11.3 Å². The van der Waals surface area contributed by atoms with Crippen LogP contribution in [-0.4, -0.2) is 18.6 Å². The molecule has 0 atom stereocenters. The molecule has 156 valence electrons. The highest BCUT2D eigenvalue weighted by atomic mass is 32.2. The fourth-order valence-electron chi connectivity index (χ4n) is 2.66. The number of para-hydroxylation sites is 1. The number of anilines is 1. The lowest BCUT2D eigenvalue weighted by Crippen LogP contribution is -1.98. The second kappa shape index (κ2) is 8.22. The maximum Gasteiger partial charge on any atom is 0.136 e. The van der Waals surface area contributed by atoms with Gasteiger partial charge in [0.1, 0.15) is 26.7 Å². The molecule has 4 rings (SSSR count). The van der Waals surface area contributed by atoms with Crippen LogP contribution < -0.4 is 5.32 Å². The highest BCUT2D eigenvalue weighted by Crippen LogP contribution is 2.32. The average Bonchev–Trinajstić information content (AvgIpc) is 3.33.